The highest BCUT2D eigenvalue weighted by Gasteiger charge is 2.09. The lowest BCUT2D eigenvalue weighted by molar-refractivity contribution is 0.0949. The number of carbonyl (C=O) groups excluding carboxylic acids is 1. The molecule has 0 bridgehead atoms. The molecule has 1 aromatic heterocycles. The third kappa shape index (κ3) is 5.75. The Morgan fingerprint density at radius 3 is 2.52 bits per heavy atom. The average Bonchev–Trinajstić information content (AvgIpc) is 2.75. The number of aromatic nitrogens is 2. The minimum absolute atomic E-state index is 0.238. The molecule has 0 saturated carbocycles. The van der Waals surface area contributed by atoms with Crippen LogP contribution < -0.4 is 15.4 Å². The van der Waals surface area contributed by atoms with Gasteiger partial charge in [0.05, 0.1) is 7.11 Å². The Morgan fingerprint density at radius 2 is 1.72 bits per heavy atom. The van der Waals surface area contributed by atoms with Gasteiger partial charge in [-0.05, 0) is 42.2 Å². The predicted molar refractivity (Wildman–Crippen MR) is 110 cm³/mol. The van der Waals surface area contributed by atoms with Gasteiger partial charge in [0.2, 0.25) is 5.95 Å². The fourth-order valence-corrected chi connectivity index (χ4v) is 2.89. The van der Waals surface area contributed by atoms with Gasteiger partial charge >= 0.3 is 0 Å². The van der Waals surface area contributed by atoms with Crippen LogP contribution in [-0.4, -0.2) is 36.1 Å². The van der Waals surface area contributed by atoms with Crippen molar-refractivity contribution in [3.05, 3.63) is 83.4 Å². The Balaban J connectivity index is 1.50. The SMILES string of the molecule is COc1ccccc1CCNC(=O)c1ccnc(NCCc2ccccc2F)n1. The third-order valence-electron chi connectivity index (χ3n) is 4.40. The first-order valence-corrected chi connectivity index (χ1v) is 9.38. The van der Waals surface area contributed by atoms with E-state index in [1.165, 1.54) is 12.3 Å². The van der Waals surface area contributed by atoms with Crippen LogP contribution in [0, 0.1) is 5.82 Å². The van der Waals surface area contributed by atoms with Crippen LogP contribution in [0.3, 0.4) is 0 Å². The molecule has 7 heteroatoms. The molecule has 0 atom stereocenters. The molecule has 0 fully saturated rings. The summed E-state index contributed by atoms with van der Waals surface area (Å²) in [6, 6.07) is 15.9. The zero-order chi connectivity index (χ0) is 20.5. The number of ether oxygens (including phenoxy) is 1. The average molecular weight is 394 g/mol. The lowest BCUT2D eigenvalue weighted by atomic mass is 10.1. The van der Waals surface area contributed by atoms with Gasteiger partial charge in [-0.25, -0.2) is 14.4 Å². The Morgan fingerprint density at radius 1 is 1.00 bits per heavy atom. The molecule has 3 aromatic rings. The zero-order valence-electron chi connectivity index (χ0n) is 16.2. The Hall–Kier alpha value is -3.48. The summed E-state index contributed by atoms with van der Waals surface area (Å²) in [7, 11) is 1.62. The van der Waals surface area contributed by atoms with Gasteiger partial charge in [-0.3, -0.25) is 4.79 Å². The number of nitrogens with zero attached hydrogens (tertiary/aromatic N) is 2. The van der Waals surface area contributed by atoms with E-state index in [9.17, 15) is 9.18 Å². The maximum atomic E-state index is 13.7. The third-order valence-corrected chi connectivity index (χ3v) is 4.40. The van der Waals surface area contributed by atoms with Crippen molar-refractivity contribution in [2.75, 3.05) is 25.5 Å². The second-order valence-corrected chi connectivity index (χ2v) is 6.35. The van der Waals surface area contributed by atoms with E-state index in [0.29, 0.717) is 37.4 Å². The molecule has 0 radical (unpaired) electrons. The molecule has 0 unspecified atom stereocenters. The Kier molecular flexibility index (Phi) is 7.10. The molecule has 3 rings (SSSR count). The van der Waals surface area contributed by atoms with Crippen molar-refractivity contribution < 1.29 is 13.9 Å². The molecular weight excluding hydrogens is 371 g/mol. The van der Waals surface area contributed by atoms with E-state index in [-0.39, 0.29) is 17.4 Å². The normalized spacial score (nSPS) is 10.4. The minimum Gasteiger partial charge on any atom is -0.496 e. The fourth-order valence-electron chi connectivity index (χ4n) is 2.89. The molecule has 0 saturated heterocycles. The van der Waals surface area contributed by atoms with E-state index < -0.39 is 0 Å². The molecule has 2 aromatic carbocycles. The van der Waals surface area contributed by atoms with E-state index in [2.05, 4.69) is 20.6 Å². The molecule has 0 aliphatic heterocycles. The van der Waals surface area contributed by atoms with Crippen LogP contribution in [0.1, 0.15) is 21.6 Å². The summed E-state index contributed by atoms with van der Waals surface area (Å²) in [4.78, 5) is 20.7. The van der Waals surface area contributed by atoms with Crippen LogP contribution in [0.4, 0.5) is 10.3 Å². The van der Waals surface area contributed by atoms with Crippen LogP contribution in [0.25, 0.3) is 0 Å². The number of nitrogens with one attached hydrogen (secondary N) is 2. The Bertz CT molecular complexity index is 965. The van der Waals surface area contributed by atoms with Crippen LogP contribution >= 0.6 is 0 Å². The first-order valence-electron chi connectivity index (χ1n) is 9.38. The van der Waals surface area contributed by atoms with E-state index in [4.69, 9.17) is 4.74 Å². The zero-order valence-corrected chi connectivity index (χ0v) is 16.2. The minimum atomic E-state index is -0.278. The lowest BCUT2D eigenvalue weighted by Gasteiger charge is -2.10. The van der Waals surface area contributed by atoms with Crippen LogP contribution in [0.15, 0.2) is 60.8 Å². The number of amides is 1. The van der Waals surface area contributed by atoms with Gasteiger partial charge in [0.1, 0.15) is 17.3 Å². The van der Waals surface area contributed by atoms with Crippen molar-refractivity contribution in [2.24, 2.45) is 0 Å². The van der Waals surface area contributed by atoms with Crippen molar-refractivity contribution in [1.29, 1.82) is 0 Å². The number of hydrogen-bond donors (Lipinski definition) is 2. The molecular formula is C22H23FN4O2. The van der Waals surface area contributed by atoms with Gasteiger partial charge in [0.25, 0.3) is 5.91 Å². The topological polar surface area (TPSA) is 76.1 Å². The first kappa shape index (κ1) is 20.3. The molecule has 1 amide bonds. The molecule has 0 aliphatic rings. The second kappa shape index (κ2) is 10.2. The molecule has 29 heavy (non-hydrogen) atoms. The van der Waals surface area contributed by atoms with Gasteiger partial charge < -0.3 is 15.4 Å². The standard InChI is InChI=1S/C22H23FN4O2/c1-29-20-9-5-3-7-17(20)11-13-24-21(28)19-12-15-26-22(27-19)25-14-10-16-6-2-4-8-18(16)23/h2-9,12,15H,10-11,13-14H2,1H3,(H,24,28)(H,25,26,27). The number of halogens is 1. The fraction of sp³-hybridized carbons (Fsp3) is 0.227. The van der Waals surface area contributed by atoms with Crippen LogP contribution in [-0.2, 0) is 12.8 Å². The highest BCUT2D eigenvalue weighted by Crippen LogP contribution is 2.17. The van der Waals surface area contributed by atoms with Crippen LogP contribution in [0.5, 0.6) is 5.75 Å². The predicted octanol–water partition coefficient (Wildman–Crippen LogP) is 3.25. The summed E-state index contributed by atoms with van der Waals surface area (Å²) < 4.78 is 19.0. The number of carbonyl (C=O) groups is 1. The number of hydrogen-bond acceptors (Lipinski definition) is 5. The highest BCUT2D eigenvalue weighted by molar-refractivity contribution is 5.92. The van der Waals surface area contributed by atoms with Crippen LogP contribution in [0.2, 0.25) is 0 Å². The van der Waals surface area contributed by atoms with Crippen molar-refractivity contribution in [3.63, 3.8) is 0 Å². The van der Waals surface area contributed by atoms with Crippen molar-refractivity contribution in [1.82, 2.24) is 15.3 Å². The quantitative estimate of drug-likeness (QED) is 0.583. The van der Waals surface area contributed by atoms with Crippen molar-refractivity contribution in [3.8, 4) is 5.75 Å². The summed E-state index contributed by atoms with van der Waals surface area (Å²) >= 11 is 0. The molecule has 2 N–H and O–H groups in total. The second-order valence-electron chi connectivity index (χ2n) is 6.35. The van der Waals surface area contributed by atoms with Crippen molar-refractivity contribution >= 4 is 11.9 Å². The van der Waals surface area contributed by atoms with Gasteiger partial charge in [0, 0.05) is 19.3 Å². The van der Waals surface area contributed by atoms with E-state index >= 15 is 0 Å². The lowest BCUT2D eigenvalue weighted by Crippen LogP contribution is -2.27. The molecule has 6 nitrogen and oxygen atoms in total. The monoisotopic (exact) mass is 394 g/mol. The number of methoxy groups -OCH3 is 1. The van der Waals surface area contributed by atoms with E-state index in [1.807, 2.05) is 24.3 Å². The van der Waals surface area contributed by atoms with Gasteiger partial charge in [-0.2, -0.15) is 0 Å². The van der Waals surface area contributed by atoms with Gasteiger partial charge in [0.15, 0.2) is 0 Å². The van der Waals surface area contributed by atoms with Gasteiger partial charge in [-0.15, -0.1) is 0 Å². The number of anilines is 1. The maximum absolute atomic E-state index is 13.7. The Labute approximate surface area is 169 Å². The number of para-hydroxylation sites is 1. The summed E-state index contributed by atoms with van der Waals surface area (Å²) in [6.45, 7) is 0.916. The smallest absolute Gasteiger partial charge is 0.270 e. The summed E-state index contributed by atoms with van der Waals surface area (Å²) in [5.74, 6) is 0.613. The molecule has 1 heterocycles. The number of rotatable bonds is 9. The molecule has 150 valence electrons. The summed E-state index contributed by atoms with van der Waals surface area (Å²) in [6.07, 6.45) is 2.66. The number of benzene rings is 2. The largest absolute Gasteiger partial charge is 0.496 e. The summed E-state index contributed by atoms with van der Waals surface area (Å²) in [5.41, 5.74) is 1.91. The summed E-state index contributed by atoms with van der Waals surface area (Å²) in [5, 5.41) is 5.88. The molecule has 0 spiro atoms. The molecule has 0 aliphatic carbocycles. The highest BCUT2D eigenvalue weighted by atomic mass is 19.1. The first-order chi connectivity index (χ1) is 14.2. The van der Waals surface area contributed by atoms with Crippen molar-refractivity contribution in [2.45, 2.75) is 12.8 Å². The maximum Gasteiger partial charge on any atom is 0.270 e. The van der Waals surface area contributed by atoms with Gasteiger partial charge in [-0.1, -0.05) is 36.4 Å². The van der Waals surface area contributed by atoms with E-state index in [1.54, 1.807) is 31.4 Å². The van der Waals surface area contributed by atoms with E-state index in [0.717, 1.165) is 11.3 Å².